The minimum atomic E-state index is -4.75. The van der Waals surface area contributed by atoms with Crippen molar-refractivity contribution in [2.24, 2.45) is 28.2 Å². The van der Waals surface area contributed by atoms with E-state index in [-0.39, 0.29) is 30.2 Å². The number of nitrogens with zero attached hydrogens (tertiary/aromatic N) is 2. The number of ether oxygens (including phenoxy) is 2. The quantitative estimate of drug-likeness (QED) is 0.336. The van der Waals surface area contributed by atoms with Crippen molar-refractivity contribution in [1.82, 2.24) is 5.32 Å². The summed E-state index contributed by atoms with van der Waals surface area (Å²) in [4.78, 5) is 16.0. The van der Waals surface area contributed by atoms with Gasteiger partial charge in [-0.3, -0.25) is 4.79 Å². The maximum absolute atomic E-state index is 12.3. The molecule has 0 spiro atoms. The molecule has 4 aliphatic rings. The number of aliphatic carboxylic acids is 1. The summed E-state index contributed by atoms with van der Waals surface area (Å²) in [6, 6.07) is 5.42. The molecule has 0 aliphatic heterocycles. The summed E-state index contributed by atoms with van der Waals surface area (Å²) >= 11 is 0. The van der Waals surface area contributed by atoms with Gasteiger partial charge in [0.2, 0.25) is 6.19 Å². The third kappa shape index (κ3) is 4.99. The second-order valence-electron chi connectivity index (χ2n) is 10.3. The number of hydrogen-bond acceptors (Lipinski definition) is 5. The fraction of sp³-hybridized carbons (Fsp3) is 0.625. The van der Waals surface area contributed by atoms with Crippen molar-refractivity contribution >= 4 is 11.8 Å². The first-order valence-electron chi connectivity index (χ1n) is 11.4. The molecule has 0 aromatic heterocycles. The van der Waals surface area contributed by atoms with Gasteiger partial charge in [0.05, 0.1) is 12.0 Å². The number of carboxylic acid groups (broad SMARTS) is 1. The molecule has 2 atom stereocenters. The molecule has 4 saturated carbocycles. The summed E-state index contributed by atoms with van der Waals surface area (Å²) in [5, 5.41) is 22.6. The number of rotatable bonds is 7. The first-order valence-corrected chi connectivity index (χ1v) is 11.4. The van der Waals surface area contributed by atoms with Crippen LogP contribution in [0.25, 0.3) is 0 Å². The Labute approximate surface area is 196 Å². The Morgan fingerprint density at radius 2 is 1.82 bits per heavy atom. The van der Waals surface area contributed by atoms with Crippen molar-refractivity contribution in [3.05, 3.63) is 29.8 Å². The van der Waals surface area contributed by atoms with Crippen LogP contribution in [0.1, 0.15) is 51.5 Å². The SMILES string of the molecule is CC(C)(OCc1ccc(OC(F)(F)F)cc1)/C(=N\C#N)NC1C2CC3CC1CC(C(=O)O)(C3)C2. The highest BCUT2D eigenvalue weighted by atomic mass is 19.4. The van der Waals surface area contributed by atoms with E-state index in [4.69, 9.17) is 4.74 Å². The predicted molar refractivity (Wildman–Crippen MR) is 116 cm³/mol. The third-order valence-corrected chi connectivity index (χ3v) is 7.52. The zero-order valence-corrected chi connectivity index (χ0v) is 19.1. The van der Waals surface area contributed by atoms with E-state index in [2.05, 4.69) is 15.0 Å². The molecule has 4 fully saturated rings. The first kappa shape index (κ1) is 24.3. The summed E-state index contributed by atoms with van der Waals surface area (Å²) in [5.41, 5.74) is -0.970. The number of benzene rings is 1. The molecule has 5 rings (SSSR count). The van der Waals surface area contributed by atoms with E-state index in [0.29, 0.717) is 30.2 Å². The summed E-state index contributed by atoms with van der Waals surface area (Å²) < 4.78 is 46.9. The highest BCUT2D eigenvalue weighted by Crippen LogP contribution is 2.60. The molecule has 4 aliphatic carbocycles. The average Bonchev–Trinajstić information content (AvgIpc) is 2.73. The molecule has 0 amide bonds. The Hall–Kier alpha value is -2.80. The number of alkyl halides is 3. The maximum Gasteiger partial charge on any atom is 0.573 e. The average molecular weight is 479 g/mol. The van der Waals surface area contributed by atoms with Crippen molar-refractivity contribution in [2.75, 3.05) is 0 Å². The van der Waals surface area contributed by atoms with E-state index in [1.807, 2.05) is 6.19 Å². The zero-order valence-electron chi connectivity index (χ0n) is 19.1. The van der Waals surface area contributed by atoms with Gasteiger partial charge in [-0.2, -0.15) is 10.3 Å². The number of halogens is 3. The number of aliphatic imine (C=N–C) groups is 1. The minimum Gasteiger partial charge on any atom is -0.481 e. The summed E-state index contributed by atoms with van der Waals surface area (Å²) in [5.74, 6) is 0.174. The predicted octanol–water partition coefficient (Wildman–Crippen LogP) is 4.63. The molecule has 2 N–H and O–H groups in total. The molecule has 2 unspecified atom stereocenters. The molecule has 0 heterocycles. The van der Waals surface area contributed by atoms with Gasteiger partial charge < -0.3 is 19.9 Å². The van der Waals surface area contributed by atoms with Crippen LogP contribution in [0.15, 0.2) is 29.3 Å². The summed E-state index contributed by atoms with van der Waals surface area (Å²) in [7, 11) is 0. The lowest BCUT2D eigenvalue weighted by molar-refractivity contribution is -0.274. The lowest BCUT2D eigenvalue weighted by Crippen LogP contribution is -2.62. The van der Waals surface area contributed by atoms with Crippen LogP contribution in [0.2, 0.25) is 0 Å². The molecule has 7 nitrogen and oxygen atoms in total. The van der Waals surface area contributed by atoms with E-state index in [1.165, 1.54) is 24.3 Å². The maximum atomic E-state index is 12.3. The van der Waals surface area contributed by atoms with E-state index < -0.39 is 23.3 Å². The summed E-state index contributed by atoms with van der Waals surface area (Å²) in [6.45, 7) is 3.63. The number of amidine groups is 1. The van der Waals surface area contributed by atoms with Crippen molar-refractivity contribution in [3.63, 3.8) is 0 Å². The van der Waals surface area contributed by atoms with Crippen molar-refractivity contribution in [2.45, 2.75) is 70.6 Å². The van der Waals surface area contributed by atoms with Crippen LogP contribution in [-0.2, 0) is 16.1 Å². The van der Waals surface area contributed by atoms with E-state index >= 15 is 0 Å². The van der Waals surface area contributed by atoms with E-state index in [0.717, 1.165) is 19.3 Å². The van der Waals surface area contributed by atoms with Crippen LogP contribution in [-0.4, -0.2) is 34.9 Å². The number of nitriles is 1. The highest BCUT2D eigenvalue weighted by Gasteiger charge is 2.59. The van der Waals surface area contributed by atoms with Gasteiger partial charge in [0, 0.05) is 6.04 Å². The normalized spacial score (nSPS) is 30.6. The molecule has 1 aromatic carbocycles. The van der Waals surface area contributed by atoms with Crippen molar-refractivity contribution in [1.29, 1.82) is 5.26 Å². The Morgan fingerprint density at radius 1 is 1.21 bits per heavy atom. The van der Waals surface area contributed by atoms with Gasteiger partial charge in [-0.15, -0.1) is 13.2 Å². The van der Waals surface area contributed by atoms with Crippen LogP contribution in [0.3, 0.4) is 0 Å². The second kappa shape index (κ2) is 8.77. The molecule has 1 aromatic rings. The lowest BCUT2D eigenvalue weighted by atomic mass is 9.48. The van der Waals surface area contributed by atoms with Crippen LogP contribution >= 0.6 is 0 Å². The van der Waals surface area contributed by atoms with Gasteiger partial charge in [-0.25, -0.2) is 0 Å². The molecule has 4 bridgehead atoms. The smallest absolute Gasteiger partial charge is 0.481 e. The topological polar surface area (TPSA) is 104 Å². The first-order chi connectivity index (χ1) is 15.9. The molecular formula is C24H28F3N3O4. The Kier molecular flexibility index (Phi) is 6.27. The molecule has 10 heteroatoms. The van der Waals surface area contributed by atoms with Gasteiger partial charge in [-0.1, -0.05) is 12.1 Å². The van der Waals surface area contributed by atoms with Gasteiger partial charge in [0.25, 0.3) is 0 Å². The van der Waals surface area contributed by atoms with E-state index in [9.17, 15) is 28.3 Å². The molecule has 0 radical (unpaired) electrons. The number of carboxylic acids is 1. The molecular weight excluding hydrogens is 451 g/mol. The molecule has 34 heavy (non-hydrogen) atoms. The lowest BCUT2D eigenvalue weighted by Gasteiger charge is -2.58. The van der Waals surface area contributed by atoms with Crippen LogP contribution in [0.5, 0.6) is 5.75 Å². The van der Waals surface area contributed by atoms with Gasteiger partial charge >= 0.3 is 12.3 Å². The monoisotopic (exact) mass is 479 g/mol. The number of carbonyl (C=O) groups is 1. The van der Waals surface area contributed by atoms with Crippen LogP contribution < -0.4 is 10.1 Å². The molecule has 184 valence electrons. The van der Waals surface area contributed by atoms with E-state index in [1.54, 1.807) is 13.8 Å². The largest absolute Gasteiger partial charge is 0.573 e. The Morgan fingerprint density at radius 3 is 2.35 bits per heavy atom. The van der Waals surface area contributed by atoms with Crippen LogP contribution in [0, 0.1) is 34.6 Å². The van der Waals surface area contributed by atoms with Crippen molar-refractivity contribution < 1.29 is 32.5 Å². The van der Waals surface area contributed by atoms with Gasteiger partial charge in [-0.05, 0) is 81.4 Å². The minimum absolute atomic E-state index is 0.0257. The second-order valence-corrected chi connectivity index (χ2v) is 10.3. The summed E-state index contributed by atoms with van der Waals surface area (Å²) in [6.07, 6.45) is 1.02. The zero-order chi connectivity index (χ0) is 24.7. The standard InChI is InChI=1S/C24H28F3N3O4/c1-22(2,33-12-14-3-5-18(6-4-14)34-24(25,26)27)20(29-13-28)30-19-16-7-15-8-17(19)11-23(9-15,10-16)21(31)32/h3-6,15-17,19H,7-12H2,1-2H3,(H,29,30)(H,31,32). The third-order valence-electron chi connectivity index (χ3n) is 7.52. The van der Waals surface area contributed by atoms with Gasteiger partial charge in [0.15, 0.2) is 0 Å². The molecule has 0 saturated heterocycles. The Balaban J connectivity index is 1.42. The number of nitrogens with one attached hydrogen (secondary N) is 1. The highest BCUT2D eigenvalue weighted by molar-refractivity contribution is 5.91. The van der Waals surface area contributed by atoms with Gasteiger partial charge in [0.1, 0.15) is 17.2 Å². The Bertz CT molecular complexity index is 984. The van der Waals surface area contributed by atoms with Crippen LogP contribution in [0.4, 0.5) is 13.2 Å². The fourth-order valence-electron chi connectivity index (χ4n) is 6.19. The fourth-order valence-corrected chi connectivity index (χ4v) is 6.19. The van der Waals surface area contributed by atoms with Crippen molar-refractivity contribution in [3.8, 4) is 11.9 Å². The number of hydrogen-bond donors (Lipinski definition) is 2.